The molecule has 0 radical (unpaired) electrons. The molecule has 1 aliphatic rings. The van der Waals surface area contributed by atoms with Crippen molar-refractivity contribution in [2.45, 2.75) is 46.0 Å². The Morgan fingerprint density at radius 1 is 1.00 bits per heavy atom. The normalized spacial score (nSPS) is 13.5. The lowest BCUT2D eigenvalue weighted by Crippen LogP contribution is -2.45. The Morgan fingerprint density at radius 2 is 1.73 bits per heavy atom. The summed E-state index contributed by atoms with van der Waals surface area (Å²) in [5, 5.41) is 14.5. The molecule has 1 saturated heterocycles. The molecule has 0 atom stereocenters. The van der Waals surface area contributed by atoms with E-state index < -0.39 is 0 Å². The van der Waals surface area contributed by atoms with Gasteiger partial charge in [-0.15, -0.1) is 5.10 Å². The highest BCUT2D eigenvalue weighted by Gasteiger charge is 2.33. The first-order chi connectivity index (χ1) is 14.5. The highest BCUT2D eigenvalue weighted by Crippen LogP contribution is 2.18. The molecule has 1 aliphatic heterocycles. The zero-order chi connectivity index (χ0) is 21.5. The minimum atomic E-state index is -0.300. The minimum Gasteiger partial charge on any atom is -0.356 e. The Kier molecular flexibility index (Phi) is 7.16. The number of aryl methyl sites for hydroxylation is 1. The fourth-order valence-corrected chi connectivity index (χ4v) is 3.43. The number of amides is 3. The summed E-state index contributed by atoms with van der Waals surface area (Å²) in [6, 6.07) is 9.40. The molecule has 0 aliphatic carbocycles. The van der Waals surface area contributed by atoms with Crippen molar-refractivity contribution >= 4 is 17.7 Å². The molecule has 2 aromatic rings. The minimum absolute atomic E-state index is 0.0446. The molecule has 160 valence electrons. The zero-order valence-corrected chi connectivity index (χ0v) is 17.5. The maximum absolute atomic E-state index is 13.1. The maximum Gasteiger partial charge on any atom is 0.294 e. The number of carbonyl (C=O) groups excluding carboxylic acids is 3. The van der Waals surface area contributed by atoms with E-state index in [0.717, 1.165) is 31.4 Å². The zero-order valence-electron chi connectivity index (χ0n) is 17.5. The number of aromatic nitrogens is 3. The van der Waals surface area contributed by atoms with Crippen LogP contribution in [0.25, 0.3) is 5.69 Å². The van der Waals surface area contributed by atoms with Crippen LogP contribution in [-0.2, 0) is 9.59 Å². The van der Waals surface area contributed by atoms with Crippen molar-refractivity contribution in [3.63, 3.8) is 0 Å². The molecule has 1 fully saturated rings. The second-order valence-corrected chi connectivity index (χ2v) is 7.35. The second kappa shape index (κ2) is 10.00. The first kappa shape index (κ1) is 21.5. The van der Waals surface area contributed by atoms with Crippen LogP contribution < -0.4 is 5.32 Å². The predicted molar refractivity (Wildman–Crippen MR) is 111 cm³/mol. The third-order valence-electron chi connectivity index (χ3n) is 4.97. The lowest BCUT2D eigenvalue weighted by atomic mass is 10.2. The molecular formula is C21H28N6O3. The molecule has 3 rings (SSSR count). The van der Waals surface area contributed by atoms with Crippen LogP contribution in [0.2, 0.25) is 0 Å². The van der Waals surface area contributed by atoms with E-state index in [9.17, 15) is 14.4 Å². The third kappa shape index (κ3) is 5.22. The van der Waals surface area contributed by atoms with Crippen molar-refractivity contribution in [2.75, 3.05) is 19.6 Å². The third-order valence-corrected chi connectivity index (χ3v) is 4.97. The molecule has 2 heterocycles. The van der Waals surface area contributed by atoms with Crippen LogP contribution in [0, 0.1) is 6.92 Å². The maximum atomic E-state index is 13.1. The molecule has 30 heavy (non-hydrogen) atoms. The molecule has 9 nitrogen and oxygen atoms in total. The lowest BCUT2D eigenvalue weighted by molar-refractivity contribution is -0.140. The van der Waals surface area contributed by atoms with E-state index >= 15 is 0 Å². The molecule has 3 amide bonds. The number of nitrogens with zero attached hydrogens (tertiary/aromatic N) is 5. The number of unbranched alkanes of at least 4 members (excludes halogenated alkanes) is 2. The van der Waals surface area contributed by atoms with Gasteiger partial charge in [0.2, 0.25) is 11.8 Å². The van der Waals surface area contributed by atoms with Gasteiger partial charge in [-0.3, -0.25) is 19.4 Å². The summed E-state index contributed by atoms with van der Waals surface area (Å²) in [5.74, 6) is -0.406. The molecule has 0 unspecified atom stereocenters. The standard InChI is InChI=1S/C21H28N6O3/c1-16-20(24-27(23-16)18-10-5-3-6-11-18)21(30)26-15-9-14-25(26)19(29)12-7-4-8-13-22-17(2)28/h3,5-6,10-11H,4,7-9,12-15H2,1-2H3,(H,22,28). The second-order valence-electron chi connectivity index (χ2n) is 7.35. The number of carbonyl (C=O) groups is 3. The molecule has 1 aromatic heterocycles. The molecule has 1 aromatic carbocycles. The average Bonchev–Trinajstić information content (AvgIpc) is 3.37. The van der Waals surface area contributed by atoms with E-state index in [1.165, 1.54) is 21.7 Å². The molecule has 9 heteroatoms. The molecular weight excluding hydrogens is 384 g/mol. The van der Waals surface area contributed by atoms with E-state index in [-0.39, 0.29) is 23.4 Å². The summed E-state index contributed by atoms with van der Waals surface area (Å²) in [6.45, 7) is 4.88. The van der Waals surface area contributed by atoms with Gasteiger partial charge in [-0.1, -0.05) is 24.6 Å². The molecule has 0 bridgehead atoms. The van der Waals surface area contributed by atoms with E-state index in [1.54, 1.807) is 6.92 Å². The topological polar surface area (TPSA) is 100 Å². The van der Waals surface area contributed by atoms with Crippen molar-refractivity contribution in [1.29, 1.82) is 0 Å². The van der Waals surface area contributed by atoms with Crippen molar-refractivity contribution in [3.8, 4) is 5.69 Å². The summed E-state index contributed by atoms with van der Waals surface area (Å²) in [6.07, 6.45) is 3.52. The molecule has 0 saturated carbocycles. The number of nitrogens with one attached hydrogen (secondary N) is 1. The Hall–Kier alpha value is -3.23. The smallest absolute Gasteiger partial charge is 0.294 e. The van der Waals surface area contributed by atoms with E-state index in [0.29, 0.717) is 31.7 Å². The van der Waals surface area contributed by atoms with Crippen LogP contribution in [0.3, 0.4) is 0 Å². The Balaban J connectivity index is 1.58. The van der Waals surface area contributed by atoms with Gasteiger partial charge in [0.25, 0.3) is 5.91 Å². The van der Waals surface area contributed by atoms with Gasteiger partial charge in [-0.2, -0.15) is 9.90 Å². The number of hydrogen-bond acceptors (Lipinski definition) is 5. The van der Waals surface area contributed by atoms with Gasteiger partial charge in [0.1, 0.15) is 0 Å². The van der Waals surface area contributed by atoms with Crippen LogP contribution >= 0.6 is 0 Å². The van der Waals surface area contributed by atoms with Crippen LogP contribution in [0.1, 0.15) is 55.2 Å². The Labute approximate surface area is 176 Å². The van der Waals surface area contributed by atoms with E-state index in [1.807, 2.05) is 30.3 Å². The number of hydrogen-bond donors (Lipinski definition) is 1. The van der Waals surface area contributed by atoms with Gasteiger partial charge in [0, 0.05) is 33.0 Å². The van der Waals surface area contributed by atoms with Crippen molar-refractivity contribution in [3.05, 3.63) is 41.7 Å². The summed E-state index contributed by atoms with van der Waals surface area (Å²) in [7, 11) is 0. The lowest BCUT2D eigenvalue weighted by Gasteiger charge is -2.27. The predicted octanol–water partition coefficient (Wildman–Crippen LogP) is 1.86. The largest absolute Gasteiger partial charge is 0.356 e. The summed E-state index contributed by atoms with van der Waals surface area (Å²) >= 11 is 0. The van der Waals surface area contributed by atoms with Crippen LogP contribution in [0.5, 0.6) is 0 Å². The fraction of sp³-hybridized carbons (Fsp3) is 0.476. The number of benzene rings is 1. The van der Waals surface area contributed by atoms with Gasteiger partial charge in [0.15, 0.2) is 5.69 Å². The quantitative estimate of drug-likeness (QED) is 0.667. The highest BCUT2D eigenvalue weighted by molar-refractivity contribution is 5.94. The number of hydrazine groups is 1. The van der Waals surface area contributed by atoms with Gasteiger partial charge in [-0.05, 0) is 38.3 Å². The number of rotatable bonds is 8. The van der Waals surface area contributed by atoms with Gasteiger partial charge < -0.3 is 5.32 Å². The molecule has 1 N–H and O–H groups in total. The van der Waals surface area contributed by atoms with E-state index in [4.69, 9.17) is 0 Å². The first-order valence-corrected chi connectivity index (χ1v) is 10.3. The monoisotopic (exact) mass is 412 g/mol. The van der Waals surface area contributed by atoms with Gasteiger partial charge in [0.05, 0.1) is 11.4 Å². The van der Waals surface area contributed by atoms with Crippen LogP contribution in [0.4, 0.5) is 0 Å². The van der Waals surface area contributed by atoms with Gasteiger partial charge in [-0.25, -0.2) is 5.01 Å². The van der Waals surface area contributed by atoms with Crippen LogP contribution in [0.15, 0.2) is 30.3 Å². The van der Waals surface area contributed by atoms with Crippen molar-refractivity contribution < 1.29 is 14.4 Å². The Morgan fingerprint density at radius 3 is 2.47 bits per heavy atom. The fourth-order valence-electron chi connectivity index (χ4n) is 3.43. The van der Waals surface area contributed by atoms with Crippen molar-refractivity contribution in [2.24, 2.45) is 0 Å². The Bertz CT molecular complexity index is 895. The molecule has 0 spiro atoms. The first-order valence-electron chi connectivity index (χ1n) is 10.3. The average molecular weight is 412 g/mol. The van der Waals surface area contributed by atoms with Crippen molar-refractivity contribution in [1.82, 2.24) is 30.3 Å². The van der Waals surface area contributed by atoms with Gasteiger partial charge >= 0.3 is 0 Å². The van der Waals surface area contributed by atoms with Crippen LogP contribution in [-0.4, -0.2) is 62.4 Å². The summed E-state index contributed by atoms with van der Waals surface area (Å²) in [5.41, 5.74) is 1.56. The highest BCUT2D eigenvalue weighted by atomic mass is 16.2. The number of para-hydroxylation sites is 1. The van der Waals surface area contributed by atoms with E-state index in [2.05, 4.69) is 15.5 Å². The summed E-state index contributed by atoms with van der Waals surface area (Å²) in [4.78, 5) is 38.1. The summed E-state index contributed by atoms with van der Waals surface area (Å²) < 4.78 is 0. The SMILES string of the molecule is CC(=O)NCCCCCC(=O)N1CCCN1C(=O)c1nn(-c2ccccc2)nc1C.